The molecule has 0 spiro atoms. The van der Waals surface area contributed by atoms with Gasteiger partial charge in [-0.15, -0.1) is 0 Å². The molecule has 4 heteroatoms. The molecule has 0 saturated carbocycles. The third-order valence-electron chi connectivity index (χ3n) is 2.25. The Bertz CT molecular complexity index is 520. The summed E-state index contributed by atoms with van der Waals surface area (Å²) in [6.07, 6.45) is 1.72. The van der Waals surface area contributed by atoms with Crippen LogP contribution in [-0.2, 0) is 4.79 Å². The van der Waals surface area contributed by atoms with Crippen LogP contribution in [-0.4, -0.2) is 15.7 Å². The fourth-order valence-electron chi connectivity index (χ4n) is 1.44. The zero-order chi connectivity index (χ0) is 11.5. The number of anilines is 1. The van der Waals surface area contributed by atoms with Gasteiger partial charge >= 0.3 is 0 Å². The van der Waals surface area contributed by atoms with Crippen LogP contribution in [0.15, 0.2) is 36.5 Å². The van der Waals surface area contributed by atoms with Gasteiger partial charge in [-0.05, 0) is 19.1 Å². The number of hydrogen-bond donors (Lipinski definition) is 1. The van der Waals surface area contributed by atoms with E-state index in [9.17, 15) is 4.79 Å². The van der Waals surface area contributed by atoms with Gasteiger partial charge in [0, 0.05) is 11.6 Å². The molecular weight excluding hydrogens is 268 g/mol. The topological polar surface area (TPSA) is 42.0 Å². The number of benzene rings is 1. The smallest absolute Gasteiger partial charge is 0.237 e. The minimum absolute atomic E-state index is 0.0712. The third-order valence-corrected chi connectivity index (χ3v) is 2.67. The predicted octanol–water partition coefficient (Wildman–Crippen LogP) is 2.96. The lowest BCUT2D eigenvalue weighted by Gasteiger charge is -2.08. The first kappa shape index (κ1) is 11.1. The van der Waals surface area contributed by atoms with Crippen LogP contribution < -0.4 is 5.32 Å². The number of pyridine rings is 1. The number of nitrogens with zero attached hydrogens (tertiary/aromatic N) is 1. The summed E-state index contributed by atoms with van der Waals surface area (Å²) in [4.78, 5) is 15.6. The fraction of sp³-hybridized carbons (Fsp3) is 0.167. The molecule has 16 heavy (non-hydrogen) atoms. The standard InChI is InChI=1S/C12H11BrN2O/c1-8(13)12(16)15-10-6-2-4-9-5-3-7-14-11(9)10/h2-8H,1H3,(H,15,16). The predicted molar refractivity (Wildman–Crippen MR) is 68.8 cm³/mol. The maximum atomic E-state index is 11.6. The summed E-state index contributed by atoms with van der Waals surface area (Å²) in [5, 5.41) is 3.85. The molecule has 82 valence electrons. The van der Waals surface area contributed by atoms with E-state index in [4.69, 9.17) is 0 Å². The highest BCUT2D eigenvalue weighted by Gasteiger charge is 2.10. The molecule has 0 aliphatic carbocycles. The van der Waals surface area contributed by atoms with Gasteiger partial charge in [0.15, 0.2) is 0 Å². The number of halogens is 1. The second-order valence-electron chi connectivity index (χ2n) is 3.49. The van der Waals surface area contributed by atoms with E-state index < -0.39 is 0 Å². The number of hydrogen-bond acceptors (Lipinski definition) is 2. The summed E-state index contributed by atoms with van der Waals surface area (Å²) < 4.78 is 0. The van der Waals surface area contributed by atoms with Gasteiger partial charge in [-0.2, -0.15) is 0 Å². The summed E-state index contributed by atoms with van der Waals surface area (Å²) in [7, 11) is 0. The van der Waals surface area contributed by atoms with E-state index in [1.165, 1.54) is 0 Å². The first-order valence-electron chi connectivity index (χ1n) is 4.97. The summed E-state index contributed by atoms with van der Waals surface area (Å²) >= 11 is 3.23. The van der Waals surface area contributed by atoms with E-state index in [1.54, 1.807) is 13.1 Å². The molecule has 0 bridgehead atoms. The number of para-hydroxylation sites is 1. The van der Waals surface area contributed by atoms with Crippen LogP contribution in [0.1, 0.15) is 6.92 Å². The van der Waals surface area contributed by atoms with Gasteiger partial charge in [0.2, 0.25) is 5.91 Å². The number of fused-ring (bicyclic) bond motifs is 1. The van der Waals surface area contributed by atoms with Crippen LogP contribution in [0.4, 0.5) is 5.69 Å². The Morgan fingerprint density at radius 1 is 1.38 bits per heavy atom. The van der Waals surface area contributed by atoms with Crippen molar-refractivity contribution in [3.05, 3.63) is 36.5 Å². The average molecular weight is 279 g/mol. The van der Waals surface area contributed by atoms with Crippen molar-refractivity contribution in [3.8, 4) is 0 Å². The minimum Gasteiger partial charge on any atom is -0.323 e. The minimum atomic E-state index is -0.216. The Labute approximate surface area is 102 Å². The highest BCUT2D eigenvalue weighted by molar-refractivity contribution is 9.10. The van der Waals surface area contributed by atoms with Crippen LogP contribution >= 0.6 is 15.9 Å². The Morgan fingerprint density at radius 2 is 2.12 bits per heavy atom. The summed E-state index contributed by atoms with van der Waals surface area (Å²) in [6.45, 7) is 1.79. The lowest BCUT2D eigenvalue weighted by molar-refractivity contribution is -0.115. The molecule has 0 aliphatic heterocycles. The third kappa shape index (κ3) is 2.22. The number of aromatic nitrogens is 1. The van der Waals surface area contributed by atoms with Gasteiger partial charge in [-0.25, -0.2) is 0 Å². The number of carbonyl (C=O) groups excluding carboxylic acids is 1. The summed E-state index contributed by atoms with van der Waals surface area (Å²) in [5.74, 6) is -0.0712. The highest BCUT2D eigenvalue weighted by Crippen LogP contribution is 2.21. The maximum absolute atomic E-state index is 11.6. The zero-order valence-electron chi connectivity index (χ0n) is 8.77. The van der Waals surface area contributed by atoms with Gasteiger partial charge in [0.25, 0.3) is 0 Å². The molecule has 1 aromatic carbocycles. The molecule has 0 saturated heterocycles. The van der Waals surface area contributed by atoms with Crippen LogP contribution in [0.25, 0.3) is 10.9 Å². The molecule has 1 aromatic heterocycles. The number of carbonyl (C=O) groups is 1. The summed E-state index contributed by atoms with van der Waals surface area (Å²) in [6, 6.07) is 9.56. The number of rotatable bonds is 2. The zero-order valence-corrected chi connectivity index (χ0v) is 10.4. The monoisotopic (exact) mass is 278 g/mol. The first-order chi connectivity index (χ1) is 7.68. The SMILES string of the molecule is CC(Br)C(=O)Nc1cccc2cccnc12. The van der Waals surface area contributed by atoms with Crippen LogP contribution in [0.5, 0.6) is 0 Å². The molecule has 1 atom stereocenters. The molecule has 1 N–H and O–H groups in total. The van der Waals surface area contributed by atoms with E-state index in [0.29, 0.717) is 0 Å². The van der Waals surface area contributed by atoms with E-state index in [0.717, 1.165) is 16.6 Å². The second-order valence-corrected chi connectivity index (χ2v) is 4.86. The number of amides is 1. The van der Waals surface area contributed by atoms with Crippen LogP contribution in [0.2, 0.25) is 0 Å². The van der Waals surface area contributed by atoms with Gasteiger partial charge < -0.3 is 5.32 Å². The van der Waals surface area contributed by atoms with E-state index in [1.807, 2.05) is 30.3 Å². The van der Waals surface area contributed by atoms with Gasteiger partial charge in [0.1, 0.15) is 0 Å². The molecule has 0 radical (unpaired) electrons. The fourth-order valence-corrected chi connectivity index (χ4v) is 1.55. The van der Waals surface area contributed by atoms with Crippen LogP contribution in [0, 0.1) is 0 Å². The Morgan fingerprint density at radius 3 is 2.88 bits per heavy atom. The normalized spacial score (nSPS) is 12.4. The molecule has 1 amide bonds. The molecule has 0 fully saturated rings. The van der Waals surface area contributed by atoms with Crippen molar-refractivity contribution in [2.45, 2.75) is 11.8 Å². The van der Waals surface area contributed by atoms with Crippen molar-refractivity contribution in [1.29, 1.82) is 0 Å². The van der Waals surface area contributed by atoms with Crippen LogP contribution in [0.3, 0.4) is 0 Å². The van der Waals surface area contributed by atoms with E-state index >= 15 is 0 Å². The number of nitrogens with one attached hydrogen (secondary N) is 1. The van der Waals surface area contributed by atoms with E-state index in [2.05, 4.69) is 26.2 Å². The van der Waals surface area contributed by atoms with Gasteiger partial charge in [-0.3, -0.25) is 9.78 Å². The van der Waals surface area contributed by atoms with E-state index in [-0.39, 0.29) is 10.7 Å². The van der Waals surface area contributed by atoms with Crippen molar-refractivity contribution in [3.63, 3.8) is 0 Å². The van der Waals surface area contributed by atoms with Crippen molar-refractivity contribution < 1.29 is 4.79 Å². The maximum Gasteiger partial charge on any atom is 0.237 e. The van der Waals surface area contributed by atoms with Crippen molar-refractivity contribution in [2.24, 2.45) is 0 Å². The molecule has 1 unspecified atom stereocenters. The first-order valence-corrected chi connectivity index (χ1v) is 5.89. The summed E-state index contributed by atoms with van der Waals surface area (Å²) in [5.41, 5.74) is 1.56. The molecule has 2 rings (SSSR count). The van der Waals surface area contributed by atoms with Gasteiger partial charge in [-0.1, -0.05) is 34.1 Å². The highest BCUT2D eigenvalue weighted by atomic mass is 79.9. The largest absolute Gasteiger partial charge is 0.323 e. The van der Waals surface area contributed by atoms with Crippen molar-refractivity contribution in [2.75, 3.05) is 5.32 Å². The molecule has 3 nitrogen and oxygen atoms in total. The lowest BCUT2D eigenvalue weighted by atomic mass is 10.2. The molecule has 1 heterocycles. The number of alkyl halides is 1. The van der Waals surface area contributed by atoms with Crippen molar-refractivity contribution in [1.82, 2.24) is 4.98 Å². The average Bonchev–Trinajstić information content (AvgIpc) is 2.29. The molecule has 0 aliphatic rings. The molecular formula is C12H11BrN2O. The Kier molecular flexibility index (Phi) is 3.19. The quantitative estimate of drug-likeness (QED) is 0.859. The molecule has 2 aromatic rings. The van der Waals surface area contributed by atoms with Gasteiger partial charge in [0.05, 0.1) is 16.0 Å². The van der Waals surface area contributed by atoms with Crippen molar-refractivity contribution >= 4 is 38.4 Å². The Balaban J connectivity index is 2.41. The Hall–Kier alpha value is -1.42. The lowest BCUT2D eigenvalue weighted by Crippen LogP contribution is -2.20. The second kappa shape index (κ2) is 4.61.